The highest BCUT2D eigenvalue weighted by Crippen LogP contribution is 2.36. The predicted octanol–water partition coefficient (Wildman–Crippen LogP) is 2.87. The zero-order chi connectivity index (χ0) is 17.3. The van der Waals surface area contributed by atoms with E-state index in [1.165, 1.54) is 4.31 Å². The molecular formula is C17H22N2O4S. The van der Waals surface area contributed by atoms with E-state index in [0.29, 0.717) is 30.5 Å². The Kier molecular flexibility index (Phi) is 4.64. The number of aromatic nitrogens is 1. The number of benzene rings is 1. The molecule has 130 valence electrons. The number of rotatable bonds is 4. The maximum absolute atomic E-state index is 12.9. The summed E-state index contributed by atoms with van der Waals surface area (Å²) in [4.78, 5) is 0.207. The van der Waals surface area contributed by atoms with Gasteiger partial charge in [0.25, 0.3) is 0 Å². The Morgan fingerprint density at radius 3 is 2.46 bits per heavy atom. The summed E-state index contributed by atoms with van der Waals surface area (Å²) in [5, 5.41) is 3.77. The molecule has 0 saturated carbocycles. The second-order valence-corrected chi connectivity index (χ2v) is 7.95. The van der Waals surface area contributed by atoms with E-state index in [1.54, 1.807) is 21.0 Å². The van der Waals surface area contributed by atoms with Crippen LogP contribution >= 0.6 is 0 Å². The van der Waals surface area contributed by atoms with Crippen molar-refractivity contribution in [2.24, 2.45) is 0 Å². The topological polar surface area (TPSA) is 72.6 Å². The van der Waals surface area contributed by atoms with Gasteiger partial charge < -0.3 is 9.26 Å². The van der Waals surface area contributed by atoms with Crippen molar-refractivity contribution in [1.29, 1.82) is 0 Å². The lowest BCUT2D eigenvalue weighted by atomic mass is 9.89. The SMILES string of the molecule is COc1ccccc1C1CCN(S(=O)(=O)c2c(C)noc2C)CC1. The summed E-state index contributed by atoms with van der Waals surface area (Å²) >= 11 is 0. The van der Waals surface area contributed by atoms with Gasteiger partial charge in [0.05, 0.1) is 7.11 Å². The largest absolute Gasteiger partial charge is 0.496 e. The van der Waals surface area contributed by atoms with Gasteiger partial charge in [-0.15, -0.1) is 0 Å². The maximum atomic E-state index is 12.9. The van der Waals surface area contributed by atoms with Crippen LogP contribution in [0.2, 0.25) is 0 Å². The van der Waals surface area contributed by atoms with Gasteiger partial charge in [0.2, 0.25) is 10.0 Å². The van der Waals surface area contributed by atoms with Crippen molar-refractivity contribution < 1.29 is 17.7 Å². The summed E-state index contributed by atoms with van der Waals surface area (Å²) < 4.78 is 37.7. The van der Waals surface area contributed by atoms with Crippen LogP contribution in [0.4, 0.5) is 0 Å². The molecule has 1 aliphatic heterocycles. The van der Waals surface area contributed by atoms with Gasteiger partial charge >= 0.3 is 0 Å². The van der Waals surface area contributed by atoms with Crippen molar-refractivity contribution in [2.75, 3.05) is 20.2 Å². The number of aryl methyl sites for hydroxylation is 2. The minimum Gasteiger partial charge on any atom is -0.496 e. The Bertz CT molecular complexity index is 801. The molecule has 0 atom stereocenters. The van der Waals surface area contributed by atoms with Crippen LogP contribution in [0.1, 0.15) is 35.8 Å². The lowest BCUT2D eigenvalue weighted by Crippen LogP contribution is -2.38. The van der Waals surface area contributed by atoms with Gasteiger partial charge in [-0.05, 0) is 44.2 Å². The van der Waals surface area contributed by atoms with Gasteiger partial charge in [0, 0.05) is 13.1 Å². The molecule has 0 radical (unpaired) electrons. The molecule has 3 rings (SSSR count). The van der Waals surface area contributed by atoms with E-state index >= 15 is 0 Å². The number of piperidine rings is 1. The number of hydrogen-bond donors (Lipinski definition) is 0. The number of sulfonamides is 1. The van der Waals surface area contributed by atoms with Crippen molar-refractivity contribution in [3.8, 4) is 5.75 Å². The first-order valence-electron chi connectivity index (χ1n) is 8.01. The van der Waals surface area contributed by atoms with Crippen LogP contribution in [-0.2, 0) is 10.0 Å². The second kappa shape index (κ2) is 6.57. The highest BCUT2D eigenvalue weighted by molar-refractivity contribution is 7.89. The fraction of sp³-hybridized carbons (Fsp3) is 0.471. The zero-order valence-corrected chi connectivity index (χ0v) is 15.0. The second-order valence-electron chi connectivity index (χ2n) is 6.07. The van der Waals surface area contributed by atoms with E-state index < -0.39 is 10.0 Å². The summed E-state index contributed by atoms with van der Waals surface area (Å²) in [5.74, 6) is 1.51. The van der Waals surface area contributed by atoms with Crippen LogP contribution in [0.5, 0.6) is 5.75 Å². The van der Waals surface area contributed by atoms with Crippen LogP contribution in [-0.4, -0.2) is 38.1 Å². The Hall–Kier alpha value is -1.86. The molecule has 0 amide bonds. The van der Waals surface area contributed by atoms with Crippen molar-refractivity contribution in [3.05, 3.63) is 41.3 Å². The minimum atomic E-state index is -3.56. The van der Waals surface area contributed by atoms with Crippen molar-refractivity contribution in [3.63, 3.8) is 0 Å². The van der Waals surface area contributed by atoms with Gasteiger partial charge in [0.15, 0.2) is 5.76 Å². The molecule has 1 saturated heterocycles. The van der Waals surface area contributed by atoms with Gasteiger partial charge in [-0.3, -0.25) is 0 Å². The summed E-state index contributed by atoms with van der Waals surface area (Å²) in [5.41, 5.74) is 1.56. The van der Waals surface area contributed by atoms with Gasteiger partial charge in [-0.2, -0.15) is 4.31 Å². The van der Waals surface area contributed by atoms with Crippen molar-refractivity contribution in [2.45, 2.75) is 37.5 Å². The molecule has 6 nitrogen and oxygen atoms in total. The third kappa shape index (κ3) is 2.93. The number of hydrogen-bond acceptors (Lipinski definition) is 5. The van der Waals surface area contributed by atoms with Crippen LogP contribution in [0.15, 0.2) is 33.7 Å². The molecule has 2 aromatic rings. The first-order chi connectivity index (χ1) is 11.4. The van der Waals surface area contributed by atoms with Gasteiger partial charge in [0.1, 0.15) is 16.3 Å². The molecule has 1 aliphatic rings. The van der Waals surface area contributed by atoms with E-state index in [4.69, 9.17) is 9.26 Å². The summed E-state index contributed by atoms with van der Waals surface area (Å²) in [7, 11) is -1.89. The normalized spacial score (nSPS) is 17.1. The Morgan fingerprint density at radius 2 is 1.88 bits per heavy atom. The molecule has 24 heavy (non-hydrogen) atoms. The molecular weight excluding hydrogens is 328 g/mol. The third-order valence-corrected chi connectivity index (χ3v) is 6.74. The Labute approximate surface area is 142 Å². The minimum absolute atomic E-state index is 0.207. The van der Waals surface area contributed by atoms with E-state index in [9.17, 15) is 8.42 Å². The van der Waals surface area contributed by atoms with Crippen LogP contribution in [0.3, 0.4) is 0 Å². The van der Waals surface area contributed by atoms with Crippen LogP contribution in [0, 0.1) is 13.8 Å². The van der Waals surface area contributed by atoms with Crippen LogP contribution in [0.25, 0.3) is 0 Å². The van der Waals surface area contributed by atoms with E-state index in [1.807, 2.05) is 18.2 Å². The van der Waals surface area contributed by atoms with E-state index in [0.717, 1.165) is 24.2 Å². The average Bonchev–Trinajstić information content (AvgIpc) is 2.94. The number of ether oxygens (including phenoxy) is 1. The fourth-order valence-electron chi connectivity index (χ4n) is 3.38. The van der Waals surface area contributed by atoms with Crippen molar-refractivity contribution in [1.82, 2.24) is 9.46 Å². The lowest BCUT2D eigenvalue weighted by molar-refractivity contribution is 0.312. The molecule has 0 unspecified atom stereocenters. The fourth-order valence-corrected chi connectivity index (χ4v) is 5.14. The standard InChI is InChI=1S/C17H22N2O4S/c1-12-17(13(2)23-18-12)24(20,21)19-10-8-14(9-11-19)15-6-4-5-7-16(15)22-3/h4-7,14H,8-11H2,1-3H3. The Balaban J connectivity index is 1.78. The first-order valence-corrected chi connectivity index (χ1v) is 9.45. The van der Waals surface area contributed by atoms with Gasteiger partial charge in [-0.1, -0.05) is 23.4 Å². The molecule has 0 spiro atoms. The molecule has 0 bridgehead atoms. The highest BCUT2D eigenvalue weighted by atomic mass is 32.2. The van der Waals surface area contributed by atoms with E-state index in [-0.39, 0.29) is 4.90 Å². The molecule has 0 N–H and O–H groups in total. The lowest BCUT2D eigenvalue weighted by Gasteiger charge is -2.31. The van der Waals surface area contributed by atoms with Crippen molar-refractivity contribution >= 4 is 10.0 Å². The summed E-state index contributed by atoms with van der Waals surface area (Å²) in [6.07, 6.45) is 1.53. The Morgan fingerprint density at radius 1 is 1.21 bits per heavy atom. The zero-order valence-electron chi connectivity index (χ0n) is 14.2. The third-order valence-electron chi connectivity index (χ3n) is 4.60. The number of methoxy groups -OCH3 is 1. The molecule has 2 heterocycles. The number of para-hydroxylation sites is 1. The number of nitrogens with zero attached hydrogens (tertiary/aromatic N) is 2. The molecule has 1 aromatic heterocycles. The monoisotopic (exact) mass is 350 g/mol. The van der Waals surface area contributed by atoms with Crippen LogP contribution < -0.4 is 4.74 Å². The van der Waals surface area contributed by atoms with E-state index in [2.05, 4.69) is 11.2 Å². The summed E-state index contributed by atoms with van der Waals surface area (Å²) in [6, 6.07) is 7.94. The maximum Gasteiger partial charge on any atom is 0.248 e. The average molecular weight is 350 g/mol. The summed E-state index contributed by atoms with van der Waals surface area (Å²) in [6.45, 7) is 4.25. The molecule has 0 aliphatic carbocycles. The quantitative estimate of drug-likeness (QED) is 0.848. The van der Waals surface area contributed by atoms with Gasteiger partial charge in [-0.25, -0.2) is 8.42 Å². The highest BCUT2D eigenvalue weighted by Gasteiger charge is 2.34. The smallest absolute Gasteiger partial charge is 0.248 e. The predicted molar refractivity (Wildman–Crippen MR) is 89.7 cm³/mol. The molecule has 7 heteroatoms. The first kappa shape index (κ1) is 17.0. The molecule has 1 fully saturated rings. The molecule has 1 aromatic carbocycles.